The second kappa shape index (κ2) is 6.06. The molecule has 4 nitrogen and oxygen atoms in total. The van der Waals surface area contributed by atoms with Gasteiger partial charge in [-0.25, -0.2) is 0 Å². The lowest BCUT2D eigenvalue weighted by atomic mass is 9.76. The topological polar surface area (TPSA) is 69.9 Å². The van der Waals surface area contributed by atoms with Crippen molar-refractivity contribution in [1.82, 2.24) is 0 Å². The van der Waals surface area contributed by atoms with E-state index >= 15 is 0 Å². The summed E-state index contributed by atoms with van der Waals surface area (Å²) in [6, 6.07) is 19.5. The molecule has 2 atom stereocenters. The Bertz CT molecular complexity index is 885. The molecule has 0 saturated carbocycles. The number of phenols is 3. The molecule has 0 bridgehead atoms. The Morgan fingerprint density at radius 1 is 0.680 bits per heavy atom. The van der Waals surface area contributed by atoms with Crippen molar-refractivity contribution in [2.75, 3.05) is 6.61 Å². The van der Waals surface area contributed by atoms with Crippen molar-refractivity contribution in [2.45, 2.75) is 11.8 Å². The van der Waals surface area contributed by atoms with E-state index < -0.39 is 0 Å². The monoisotopic (exact) mass is 334 g/mol. The van der Waals surface area contributed by atoms with E-state index in [0.29, 0.717) is 12.4 Å². The van der Waals surface area contributed by atoms with Crippen LogP contribution in [0.2, 0.25) is 0 Å². The summed E-state index contributed by atoms with van der Waals surface area (Å²) < 4.78 is 5.91. The summed E-state index contributed by atoms with van der Waals surface area (Å²) in [6.07, 6.45) is 0. The van der Waals surface area contributed by atoms with Crippen molar-refractivity contribution >= 4 is 0 Å². The summed E-state index contributed by atoms with van der Waals surface area (Å²) >= 11 is 0. The number of ether oxygens (including phenoxy) is 1. The van der Waals surface area contributed by atoms with E-state index in [1.54, 1.807) is 36.4 Å². The molecule has 0 aromatic heterocycles. The van der Waals surface area contributed by atoms with E-state index in [-0.39, 0.29) is 29.1 Å². The van der Waals surface area contributed by atoms with Gasteiger partial charge in [0, 0.05) is 23.5 Å². The van der Waals surface area contributed by atoms with Crippen LogP contribution >= 0.6 is 0 Å². The number of fused-ring (bicyclic) bond motifs is 1. The molecular weight excluding hydrogens is 316 g/mol. The summed E-state index contributed by atoms with van der Waals surface area (Å²) in [7, 11) is 0. The highest BCUT2D eigenvalue weighted by atomic mass is 16.5. The largest absolute Gasteiger partial charge is 0.508 e. The van der Waals surface area contributed by atoms with Gasteiger partial charge in [-0.3, -0.25) is 0 Å². The highest BCUT2D eigenvalue weighted by Crippen LogP contribution is 2.47. The Hall–Kier alpha value is -3.14. The molecule has 1 heterocycles. The van der Waals surface area contributed by atoms with E-state index in [2.05, 4.69) is 0 Å². The summed E-state index contributed by atoms with van der Waals surface area (Å²) in [5.41, 5.74) is 3.12. The minimum atomic E-state index is 0.0227. The summed E-state index contributed by atoms with van der Waals surface area (Å²) in [5, 5.41) is 28.9. The molecule has 25 heavy (non-hydrogen) atoms. The molecule has 126 valence electrons. The Morgan fingerprint density at radius 3 is 1.88 bits per heavy atom. The molecule has 3 aromatic rings. The van der Waals surface area contributed by atoms with E-state index in [1.165, 1.54) is 0 Å². The summed E-state index contributed by atoms with van der Waals surface area (Å²) in [6.45, 7) is 0.465. The maximum atomic E-state index is 9.75. The molecule has 0 fully saturated rings. The third-order valence-corrected chi connectivity index (χ3v) is 4.73. The molecule has 1 aliphatic heterocycles. The number of hydrogen-bond donors (Lipinski definition) is 3. The van der Waals surface area contributed by atoms with Gasteiger partial charge in [0.05, 0.1) is 6.61 Å². The molecule has 3 aromatic carbocycles. The maximum Gasteiger partial charge on any atom is 0.126 e. The maximum absolute atomic E-state index is 9.75. The van der Waals surface area contributed by atoms with Crippen molar-refractivity contribution in [3.63, 3.8) is 0 Å². The molecule has 0 amide bonds. The van der Waals surface area contributed by atoms with Crippen molar-refractivity contribution in [3.05, 3.63) is 83.4 Å². The van der Waals surface area contributed by atoms with Gasteiger partial charge in [0.15, 0.2) is 0 Å². The molecule has 1 aliphatic rings. The fourth-order valence-corrected chi connectivity index (χ4v) is 3.50. The molecule has 4 rings (SSSR count). The minimum absolute atomic E-state index is 0.0227. The third-order valence-electron chi connectivity index (χ3n) is 4.73. The van der Waals surface area contributed by atoms with Gasteiger partial charge in [0.25, 0.3) is 0 Å². The standard InChI is InChI=1S/C21H18O4/c22-15-5-1-13(2-6-15)19-12-25-20-11-17(24)9-10-18(20)21(19)14-3-7-16(23)8-4-14/h1-11,19,21-24H,12H2. The number of aromatic hydroxyl groups is 3. The van der Waals surface area contributed by atoms with Gasteiger partial charge in [-0.2, -0.15) is 0 Å². The van der Waals surface area contributed by atoms with Gasteiger partial charge in [-0.1, -0.05) is 30.3 Å². The van der Waals surface area contributed by atoms with Crippen LogP contribution in [0.25, 0.3) is 0 Å². The number of benzene rings is 3. The van der Waals surface area contributed by atoms with Crippen molar-refractivity contribution in [3.8, 4) is 23.0 Å². The van der Waals surface area contributed by atoms with Crippen LogP contribution in [0.5, 0.6) is 23.0 Å². The second-order valence-electron chi connectivity index (χ2n) is 6.30. The van der Waals surface area contributed by atoms with E-state index in [1.807, 2.05) is 30.3 Å². The predicted octanol–water partition coefficient (Wildman–Crippen LogP) is 4.11. The van der Waals surface area contributed by atoms with Crippen LogP contribution in [0.4, 0.5) is 0 Å². The lowest BCUT2D eigenvalue weighted by molar-refractivity contribution is 0.247. The second-order valence-corrected chi connectivity index (χ2v) is 6.30. The Kier molecular flexibility index (Phi) is 3.73. The van der Waals surface area contributed by atoms with E-state index in [0.717, 1.165) is 16.7 Å². The Morgan fingerprint density at radius 2 is 1.24 bits per heavy atom. The Labute approximate surface area is 145 Å². The number of phenolic OH excluding ortho intramolecular Hbond substituents is 3. The molecule has 0 spiro atoms. The average Bonchev–Trinajstić information content (AvgIpc) is 2.62. The zero-order chi connectivity index (χ0) is 17.4. The first-order valence-corrected chi connectivity index (χ1v) is 8.15. The fourth-order valence-electron chi connectivity index (χ4n) is 3.50. The Balaban J connectivity index is 1.84. The van der Waals surface area contributed by atoms with Crippen molar-refractivity contribution < 1.29 is 20.1 Å². The fraction of sp³-hybridized carbons (Fsp3) is 0.143. The highest BCUT2D eigenvalue weighted by molar-refractivity contribution is 5.51. The number of rotatable bonds is 2. The van der Waals surface area contributed by atoms with Crippen LogP contribution in [-0.4, -0.2) is 21.9 Å². The predicted molar refractivity (Wildman–Crippen MR) is 94.4 cm³/mol. The number of hydrogen-bond acceptors (Lipinski definition) is 4. The molecule has 0 aliphatic carbocycles. The van der Waals surface area contributed by atoms with Gasteiger partial charge >= 0.3 is 0 Å². The zero-order valence-electron chi connectivity index (χ0n) is 13.5. The zero-order valence-corrected chi connectivity index (χ0v) is 13.5. The molecular formula is C21H18O4. The SMILES string of the molecule is Oc1ccc(C2COc3cc(O)ccc3C2c2ccc(O)cc2)cc1. The first-order valence-electron chi connectivity index (χ1n) is 8.15. The average molecular weight is 334 g/mol. The normalized spacial score (nSPS) is 19.0. The van der Waals surface area contributed by atoms with Gasteiger partial charge in [-0.15, -0.1) is 0 Å². The molecule has 4 heteroatoms. The summed E-state index contributed by atoms with van der Waals surface area (Å²) in [5.74, 6) is 1.38. The molecule has 2 unspecified atom stereocenters. The first kappa shape index (κ1) is 15.4. The van der Waals surface area contributed by atoms with Crippen LogP contribution in [0.3, 0.4) is 0 Å². The van der Waals surface area contributed by atoms with Crippen molar-refractivity contribution in [2.24, 2.45) is 0 Å². The smallest absolute Gasteiger partial charge is 0.126 e. The summed E-state index contributed by atoms with van der Waals surface area (Å²) in [4.78, 5) is 0. The van der Waals surface area contributed by atoms with Crippen LogP contribution in [-0.2, 0) is 0 Å². The van der Waals surface area contributed by atoms with Gasteiger partial charge < -0.3 is 20.1 Å². The third kappa shape index (κ3) is 2.87. The van der Waals surface area contributed by atoms with Gasteiger partial charge in [0.2, 0.25) is 0 Å². The lowest BCUT2D eigenvalue weighted by Gasteiger charge is -2.34. The van der Waals surface area contributed by atoms with Crippen LogP contribution in [0.15, 0.2) is 66.7 Å². The first-order chi connectivity index (χ1) is 12.1. The van der Waals surface area contributed by atoms with Gasteiger partial charge in [-0.05, 0) is 41.5 Å². The minimum Gasteiger partial charge on any atom is -0.508 e. The van der Waals surface area contributed by atoms with Crippen molar-refractivity contribution in [1.29, 1.82) is 0 Å². The lowest BCUT2D eigenvalue weighted by Crippen LogP contribution is -2.25. The quantitative estimate of drug-likeness (QED) is 0.659. The highest BCUT2D eigenvalue weighted by Gasteiger charge is 2.33. The van der Waals surface area contributed by atoms with Crippen LogP contribution in [0, 0.1) is 0 Å². The molecule has 0 saturated heterocycles. The molecule has 0 radical (unpaired) electrons. The van der Waals surface area contributed by atoms with Crippen LogP contribution in [0.1, 0.15) is 28.5 Å². The van der Waals surface area contributed by atoms with Gasteiger partial charge in [0.1, 0.15) is 23.0 Å². The van der Waals surface area contributed by atoms with Crippen LogP contribution < -0.4 is 4.74 Å². The van der Waals surface area contributed by atoms with E-state index in [9.17, 15) is 15.3 Å². The van der Waals surface area contributed by atoms with E-state index in [4.69, 9.17) is 4.74 Å². The molecule has 3 N–H and O–H groups in total.